The number of allylic oxidation sites excluding steroid dienone is 1. The number of nitrogen functional groups attached to an aromatic ring is 1. The zero-order valence-corrected chi connectivity index (χ0v) is 12.0. The van der Waals surface area contributed by atoms with Gasteiger partial charge in [0.15, 0.2) is 0 Å². The van der Waals surface area contributed by atoms with E-state index in [4.69, 9.17) is 11.1 Å². The second-order valence-electron chi connectivity index (χ2n) is 5.35. The molecule has 0 fully saturated rings. The predicted molar refractivity (Wildman–Crippen MR) is 87.4 cm³/mol. The second-order valence-corrected chi connectivity index (χ2v) is 5.35. The Balaban J connectivity index is 1.81. The quantitative estimate of drug-likeness (QED) is 0.668. The van der Waals surface area contributed by atoms with Gasteiger partial charge >= 0.3 is 0 Å². The van der Waals surface area contributed by atoms with E-state index in [9.17, 15) is 0 Å². The van der Waals surface area contributed by atoms with Crippen molar-refractivity contribution in [2.75, 3.05) is 12.3 Å². The van der Waals surface area contributed by atoms with Crippen LogP contribution >= 0.6 is 0 Å². The summed E-state index contributed by atoms with van der Waals surface area (Å²) < 4.78 is 0. The highest BCUT2D eigenvalue weighted by molar-refractivity contribution is 6.12. The molecule has 3 rings (SSSR count). The van der Waals surface area contributed by atoms with Crippen molar-refractivity contribution in [1.29, 1.82) is 5.41 Å². The van der Waals surface area contributed by atoms with E-state index in [1.54, 1.807) is 0 Å². The molecule has 1 heterocycles. The minimum absolute atomic E-state index is 0.410. The average molecular weight is 277 g/mol. The summed E-state index contributed by atoms with van der Waals surface area (Å²) in [6.07, 6.45) is 0.993. The smallest absolute Gasteiger partial charge is 0.0860 e. The molecule has 0 amide bonds. The standard InChI is InChI=1S/C18H19N3/c1-13(18(20)16-8-4-5-9-17(16)19)21-11-10-14-6-2-3-7-15(14)12-21/h2-9,20H,1,10-12,19H2. The van der Waals surface area contributed by atoms with Crippen LogP contribution in [-0.4, -0.2) is 17.2 Å². The number of hydrogen-bond donors (Lipinski definition) is 2. The van der Waals surface area contributed by atoms with E-state index in [0.717, 1.165) is 30.8 Å². The summed E-state index contributed by atoms with van der Waals surface area (Å²) in [6.45, 7) is 5.82. The lowest BCUT2D eigenvalue weighted by Gasteiger charge is -2.32. The Morgan fingerprint density at radius 2 is 1.71 bits per heavy atom. The van der Waals surface area contributed by atoms with Crippen molar-refractivity contribution in [2.45, 2.75) is 13.0 Å². The Kier molecular flexibility index (Phi) is 3.48. The van der Waals surface area contributed by atoms with Crippen molar-refractivity contribution >= 4 is 11.4 Å². The molecule has 0 spiro atoms. The molecule has 0 aromatic heterocycles. The molecule has 106 valence electrons. The third-order valence-electron chi connectivity index (χ3n) is 4.03. The highest BCUT2D eigenvalue weighted by Gasteiger charge is 2.20. The zero-order chi connectivity index (χ0) is 14.8. The van der Waals surface area contributed by atoms with Crippen LogP contribution in [0.25, 0.3) is 0 Å². The molecule has 21 heavy (non-hydrogen) atoms. The molecule has 0 saturated carbocycles. The van der Waals surface area contributed by atoms with Gasteiger partial charge in [0.25, 0.3) is 0 Å². The first-order valence-corrected chi connectivity index (χ1v) is 7.11. The van der Waals surface area contributed by atoms with Crippen molar-refractivity contribution in [1.82, 2.24) is 4.90 Å². The van der Waals surface area contributed by atoms with Crippen LogP contribution in [0, 0.1) is 5.41 Å². The maximum atomic E-state index is 8.38. The number of para-hydroxylation sites is 1. The summed E-state index contributed by atoms with van der Waals surface area (Å²) in [4.78, 5) is 2.16. The molecule has 3 heteroatoms. The Bertz CT molecular complexity index is 703. The van der Waals surface area contributed by atoms with E-state index >= 15 is 0 Å². The molecule has 1 aliphatic heterocycles. The topological polar surface area (TPSA) is 53.1 Å². The van der Waals surface area contributed by atoms with E-state index in [1.807, 2.05) is 24.3 Å². The molecule has 0 radical (unpaired) electrons. The average Bonchev–Trinajstić information content (AvgIpc) is 2.53. The van der Waals surface area contributed by atoms with Gasteiger partial charge < -0.3 is 10.6 Å². The van der Waals surface area contributed by atoms with Crippen LogP contribution in [0.1, 0.15) is 16.7 Å². The molecule has 0 aliphatic carbocycles. The lowest BCUT2D eigenvalue weighted by Crippen LogP contribution is -2.32. The highest BCUT2D eigenvalue weighted by atomic mass is 15.1. The monoisotopic (exact) mass is 277 g/mol. The molecular weight excluding hydrogens is 258 g/mol. The highest BCUT2D eigenvalue weighted by Crippen LogP contribution is 2.24. The molecule has 0 atom stereocenters. The zero-order valence-electron chi connectivity index (χ0n) is 12.0. The van der Waals surface area contributed by atoms with Gasteiger partial charge in [0, 0.05) is 24.3 Å². The van der Waals surface area contributed by atoms with Crippen LogP contribution in [0.2, 0.25) is 0 Å². The fraction of sp³-hybridized carbons (Fsp3) is 0.167. The van der Waals surface area contributed by atoms with Gasteiger partial charge in [-0.25, -0.2) is 0 Å². The van der Waals surface area contributed by atoms with Crippen LogP contribution in [0.3, 0.4) is 0 Å². The SMILES string of the molecule is C=C(C(=N)c1ccccc1N)N1CCc2ccccc2C1. The lowest BCUT2D eigenvalue weighted by atomic mass is 9.98. The summed E-state index contributed by atoms with van der Waals surface area (Å²) in [7, 11) is 0. The van der Waals surface area contributed by atoms with Crippen LogP contribution in [0.15, 0.2) is 60.8 Å². The maximum absolute atomic E-state index is 8.38. The number of rotatable bonds is 3. The summed E-state index contributed by atoms with van der Waals surface area (Å²) >= 11 is 0. The fourth-order valence-electron chi connectivity index (χ4n) is 2.76. The number of nitrogens with zero attached hydrogens (tertiary/aromatic N) is 1. The van der Waals surface area contributed by atoms with Crippen molar-refractivity contribution in [3.63, 3.8) is 0 Å². The first-order valence-electron chi connectivity index (χ1n) is 7.11. The van der Waals surface area contributed by atoms with Crippen molar-refractivity contribution < 1.29 is 0 Å². The van der Waals surface area contributed by atoms with Gasteiger partial charge in [-0.15, -0.1) is 0 Å². The summed E-state index contributed by atoms with van der Waals surface area (Å²) in [5.41, 5.74) is 11.2. The maximum Gasteiger partial charge on any atom is 0.0860 e. The second kappa shape index (κ2) is 5.44. The van der Waals surface area contributed by atoms with Crippen molar-refractivity contribution in [2.24, 2.45) is 0 Å². The van der Waals surface area contributed by atoms with Gasteiger partial charge in [-0.05, 0) is 23.6 Å². The van der Waals surface area contributed by atoms with Gasteiger partial charge in [0.05, 0.1) is 11.4 Å². The number of fused-ring (bicyclic) bond motifs is 1. The molecule has 1 aliphatic rings. The summed E-state index contributed by atoms with van der Waals surface area (Å²) in [5, 5.41) is 8.38. The van der Waals surface area contributed by atoms with Crippen LogP contribution in [0.5, 0.6) is 0 Å². The number of hydrogen-bond acceptors (Lipinski definition) is 3. The molecule has 0 bridgehead atoms. The Morgan fingerprint density at radius 3 is 2.48 bits per heavy atom. The van der Waals surface area contributed by atoms with Gasteiger partial charge in [0.2, 0.25) is 0 Å². The normalized spacial score (nSPS) is 13.6. The predicted octanol–water partition coefficient (Wildman–Crippen LogP) is 3.21. The number of anilines is 1. The third-order valence-corrected chi connectivity index (χ3v) is 4.03. The minimum atomic E-state index is 0.410. The van der Waals surface area contributed by atoms with E-state index in [1.165, 1.54) is 11.1 Å². The molecule has 3 nitrogen and oxygen atoms in total. The van der Waals surface area contributed by atoms with E-state index in [0.29, 0.717) is 11.4 Å². The first-order chi connectivity index (χ1) is 10.2. The van der Waals surface area contributed by atoms with Crippen LogP contribution in [-0.2, 0) is 13.0 Å². The molecule has 2 aromatic rings. The third kappa shape index (κ3) is 2.55. The Labute approximate surface area is 125 Å². The molecular formula is C18H19N3. The van der Waals surface area contributed by atoms with E-state index in [2.05, 4.69) is 35.7 Å². The number of nitrogens with two attached hydrogens (primary N) is 1. The number of nitrogens with one attached hydrogen (secondary N) is 1. The van der Waals surface area contributed by atoms with Gasteiger partial charge in [-0.2, -0.15) is 0 Å². The van der Waals surface area contributed by atoms with Crippen LogP contribution < -0.4 is 5.73 Å². The van der Waals surface area contributed by atoms with Crippen molar-refractivity contribution in [3.05, 3.63) is 77.5 Å². The minimum Gasteiger partial charge on any atom is -0.398 e. The van der Waals surface area contributed by atoms with E-state index in [-0.39, 0.29) is 0 Å². The summed E-state index contributed by atoms with van der Waals surface area (Å²) in [6, 6.07) is 15.9. The fourth-order valence-corrected chi connectivity index (χ4v) is 2.76. The molecule has 3 N–H and O–H groups in total. The molecule has 0 unspecified atom stereocenters. The number of benzene rings is 2. The molecule has 2 aromatic carbocycles. The summed E-state index contributed by atoms with van der Waals surface area (Å²) in [5.74, 6) is 0. The largest absolute Gasteiger partial charge is 0.398 e. The van der Waals surface area contributed by atoms with Gasteiger partial charge in [0.1, 0.15) is 0 Å². The Hall–Kier alpha value is -2.55. The first kappa shape index (κ1) is 13.4. The van der Waals surface area contributed by atoms with Gasteiger partial charge in [-0.3, -0.25) is 5.41 Å². The van der Waals surface area contributed by atoms with Crippen molar-refractivity contribution in [3.8, 4) is 0 Å². The van der Waals surface area contributed by atoms with Gasteiger partial charge in [-0.1, -0.05) is 49.0 Å². The van der Waals surface area contributed by atoms with Crippen LogP contribution in [0.4, 0.5) is 5.69 Å². The lowest BCUT2D eigenvalue weighted by molar-refractivity contribution is 0.339. The Morgan fingerprint density at radius 1 is 1.05 bits per heavy atom. The molecule has 0 saturated heterocycles. The van der Waals surface area contributed by atoms with E-state index < -0.39 is 0 Å².